The lowest BCUT2D eigenvalue weighted by atomic mass is 10.2. The van der Waals surface area contributed by atoms with Crippen LogP contribution in [0.1, 0.15) is 25.2 Å². The first kappa shape index (κ1) is 16.9. The van der Waals surface area contributed by atoms with E-state index in [0.29, 0.717) is 19.0 Å². The van der Waals surface area contributed by atoms with Crippen molar-refractivity contribution in [1.82, 2.24) is 30.6 Å². The first-order chi connectivity index (χ1) is 11.5. The van der Waals surface area contributed by atoms with Gasteiger partial charge in [0.05, 0.1) is 31.0 Å². The fraction of sp³-hybridized carbons (Fsp3) is 0.688. The zero-order valence-electron chi connectivity index (χ0n) is 14.3. The number of rotatable bonds is 5. The predicted molar refractivity (Wildman–Crippen MR) is 89.0 cm³/mol. The smallest absolute Gasteiger partial charge is 0.244 e. The van der Waals surface area contributed by atoms with Crippen molar-refractivity contribution in [3.63, 3.8) is 0 Å². The highest BCUT2D eigenvalue weighted by Gasteiger charge is 2.24. The summed E-state index contributed by atoms with van der Waals surface area (Å²) in [5.41, 5.74) is 2.05. The molecule has 1 unspecified atom stereocenters. The Kier molecular flexibility index (Phi) is 5.15. The minimum absolute atomic E-state index is 0.149. The Morgan fingerprint density at radius 1 is 1.46 bits per heavy atom. The molecule has 1 fully saturated rings. The molecule has 0 aromatic carbocycles. The van der Waals surface area contributed by atoms with E-state index in [2.05, 4.69) is 45.9 Å². The second kappa shape index (κ2) is 7.31. The van der Waals surface area contributed by atoms with E-state index < -0.39 is 6.04 Å². The topological polar surface area (TPSA) is 91.3 Å². The average Bonchev–Trinajstić information content (AvgIpc) is 2.94. The van der Waals surface area contributed by atoms with Gasteiger partial charge >= 0.3 is 0 Å². The lowest BCUT2D eigenvalue weighted by Gasteiger charge is -2.28. The van der Waals surface area contributed by atoms with Gasteiger partial charge in [-0.05, 0) is 12.0 Å². The van der Waals surface area contributed by atoms with E-state index in [4.69, 9.17) is 0 Å². The van der Waals surface area contributed by atoms with E-state index in [1.807, 2.05) is 4.68 Å². The van der Waals surface area contributed by atoms with Gasteiger partial charge in [0.15, 0.2) is 0 Å². The van der Waals surface area contributed by atoms with Crippen molar-refractivity contribution in [2.24, 2.45) is 5.92 Å². The molecule has 8 heteroatoms. The minimum atomic E-state index is -0.509. The third-order valence-corrected chi connectivity index (χ3v) is 4.28. The van der Waals surface area contributed by atoms with Crippen molar-refractivity contribution in [3.05, 3.63) is 17.5 Å². The van der Waals surface area contributed by atoms with Crippen molar-refractivity contribution in [3.8, 4) is 0 Å². The molecule has 132 valence electrons. The van der Waals surface area contributed by atoms with Crippen molar-refractivity contribution in [1.29, 1.82) is 0 Å². The molecule has 0 bridgehead atoms. The molecule has 2 aliphatic heterocycles. The normalized spacial score (nSPS) is 21.5. The lowest BCUT2D eigenvalue weighted by Crippen LogP contribution is -2.58. The number of amides is 2. The second-order valence-electron chi connectivity index (χ2n) is 6.95. The van der Waals surface area contributed by atoms with Crippen molar-refractivity contribution >= 4 is 11.8 Å². The molecular formula is C16H26N6O2. The highest BCUT2D eigenvalue weighted by Crippen LogP contribution is 2.15. The number of carbonyl (C=O) groups excluding carboxylic acids is 2. The summed E-state index contributed by atoms with van der Waals surface area (Å²) in [7, 11) is 0. The molecule has 0 radical (unpaired) electrons. The van der Waals surface area contributed by atoms with E-state index in [-0.39, 0.29) is 18.4 Å². The minimum Gasteiger partial charge on any atom is -0.349 e. The molecule has 1 atom stereocenters. The largest absolute Gasteiger partial charge is 0.349 e. The third kappa shape index (κ3) is 4.12. The Hall–Kier alpha value is -1.93. The van der Waals surface area contributed by atoms with Crippen molar-refractivity contribution in [2.75, 3.05) is 26.2 Å². The summed E-state index contributed by atoms with van der Waals surface area (Å²) >= 11 is 0. The zero-order valence-corrected chi connectivity index (χ0v) is 14.3. The first-order valence-electron chi connectivity index (χ1n) is 8.57. The highest BCUT2D eigenvalue weighted by atomic mass is 16.2. The van der Waals surface area contributed by atoms with Crippen LogP contribution in [0, 0.1) is 5.92 Å². The van der Waals surface area contributed by atoms with Crippen LogP contribution in [-0.2, 0) is 29.2 Å². The van der Waals surface area contributed by atoms with Gasteiger partial charge in [0.1, 0.15) is 6.04 Å². The van der Waals surface area contributed by atoms with Crippen LogP contribution in [0.5, 0.6) is 0 Å². The number of aromatic nitrogens is 2. The SMILES string of the molecule is CC(C)CN1CCn2nc(CNC(=O)C3CNCC(=O)N3)cc2C1. The van der Waals surface area contributed by atoms with Gasteiger partial charge in [0, 0.05) is 26.2 Å². The summed E-state index contributed by atoms with van der Waals surface area (Å²) in [5.74, 6) is 0.324. The van der Waals surface area contributed by atoms with Gasteiger partial charge in [0.25, 0.3) is 0 Å². The molecule has 8 nitrogen and oxygen atoms in total. The predicted octanol–water partition coefficient (Wildman–Crippen LogP) is -0.941. The maximum atomic E-state index is 12.1. The molecule has 2 amide bonds. The third-order valence-electron chi connectivity index (χ3n) is 4.28. The molecule has 0 saturated carbocycles. The number of carbonyl (C=O) groups is 2. The molecule has 1 saturated heterocycles. The molecule has 0 spiro atoms. The van der Waals surface area contributed by atoms with E-state index in [1.54, 1.807) is 0 Å². The maximum Gasteiger partial charge on any atom is 0.244 e. The van der Waals surface area contributed by atoms with Gasteiger partial charge in [-0.25, -0.2) is 0 Å². The molecule has 3 heterocycles. The van der Waals surface area contributed by atoms with E-state index in [1.165, 1.54) is 5.69 Å². The van der Waals surface area contributed by atoms with Gasteiger partial charge in [-0.15, -0.1) is 0 Å². The summed E-state index contributed by atoms with van der Waals surface area (Å²) in [6.45, 7) is 9.46. The number of hydrogen-bond donors (Lipinski definition) is 3. The summed E-state index contributed by atoms with van der Waals surface area (Å²) in [6.07, 6.45) is 0. The standard InChI is InChI=1S/C16H26N6O2/c1-11(2)9-21-3-4-22-13(10-21)5-12(20-22)6-18-16(24)14-7-17-8-15(23)19-14/h5,11,14,17H,3-4,6-10H2,1-2H3,(H,18,24)(H,19,23). The van der Waals surface area contributed by atoms with Gasteiger partial charge in [-0.3, -0.25) is 19.2 Å². The fourth-order valence-corrected chi connectivity index (χ4v) is 3.22. The maximum absolute atomic E-state index is 12.1. The second-order valence-corrected chi connectivity index (χ2v) is 6.95. The number of fused-ring (bicyclic) bond motifs is 1. The van der Waals surface area contributed by atoms with Crippen LogP contribution < -0.4 is 16.0 Å². The fourth-order valence-electron chi connectivity index (χ4n) is 3.22. The molecule has 3 rings (SSSR count). The molecule has 3 N–H and O–H groups in total. The van der Waals surface area contributed by atoms with Crippen LogP contribution in [0.15, 0.2) is 6.07 Å². The molecule has 1 aromatic heterocycles. The Balaban J connectivity index is 1.53. The van der Waals surface area contributed by atoms with Crippen molar-refractivity contribution in [2.45, 2.75) is 39.5 Å². The molecular weight excluding hydrogens is 308 g/mol. The Morgan fingerprint density at radius 2 is 2.29 bits per heavy atom. The summed E-state index contributed by atoms with van der Waals surface area (Å²) in [6, 6.07) is 1.55. The van der Waals surface area contributed by atoms with Gasteiger partial charge in [0.2, 0.25) is 11.8 Å². The van der Waals surface area contributed by atoms with Crippen LogP contribution in [0.2, 0.25) is 0 Å². The summed E-state index contributed by atoms with van der Waals surface area (Å²) in [4.78, 5) is 25.9. The Morgan fingerprint density at radius 3 is 3.04 bits per heavy atom. The van der Waals surface area contributed by atoms with Crippen LogP contribution in [-0.4, -0.2) is 58.7 Å². The highest BCUT2D eigenvalue weighted by molar-refractivity contribution is 5.89. The lowest BCUT2D eigenvalue weighted by molar-refractivity contribution is -0.130. The number of nitrogens with zero attached hydrogens (tertiary/aromatic N) is 3. The van der Waals surface area contributed by atoms with Crippen LogP contribution in [0.4, 0.5) is 0 Å². The monoisotopic (exact) mass is 334 g/mol. The summed E-state index contributed by atoms with van der Waals surface area (Å²) < 4.78 is 2.03. The van der Waals surface area contributed by atoms with Gasteiger partial charge < -0.3 is 16.0 Å². The molecule has 1 aromatic rings. The first-order valence-corrected chi connectivity index (χ1v) is 8.57. The van der Waals surface area contributed by atoms with E-state index in [9.17, 15) is 9.59 Å². The Bertz CT molecular complexity index is 612. The van der Waals surface area contributed by atoms with Crippen molar-refractivity contribution < 1.29 is 9.59 Å². The quantitative estimate of drug-likeness (QED) is 0.646. The van der Waals surface area contributed by atoms with Gasteiger partial charge in [-0.2, -0.15) is 5.10 Å². The van der Waals surface area contributed by atoms with E-state index in [0.717, 1.165) is 31.9 Å². The van der Waals surface area contributed by atoms with E-state index >= 15 is 0 Å². The average molecular weight is 334 g/mol. The van der Waals surface area contributed by atoms with Crippen LogP contribution in [0.3, 0.4) is 0 Å². The van der Waals surface area contributed by atoms with Gasteiger partial charge in [-0.1, -0.05) is 13.8 Å². The Labute approximate surface area is 142 Å². The zero-order chi connectivity index (χ0) is 17.1. The summed E-state index contributed by atoms with van der Waals surface area (Å²) in [5, 5.41) is 13.0. The molecule has 2 aliphatic rings. The van der Waals surface area contributed by atoms with Crippen LogP contribution >= 0.6 is 0 Å². The number of piperazine rings is 1. The number of hydrogen-bond acceptors (Lipinski definition) is 5. The van der Waals surface area contributed by atoms with Crippen LogP contribution in [0.25, 0.3) is 0 Å². The number of nitrogens with one attached hydrogen (secondary N) is 3. The molecule has 24 heavy (non-hydrogen) atoms. The molecule has 0 aliphatic carbocycles.